The lowest BCUT2D eigenvalue weighted by atomic mass is 9.54. The fourth-order valence-electron chi connectivity index (χ4n) is 6.70. The molecular weight excluding hydrogens is 626 g/mol. The Bertz CT molecular complexity index is 1520. The Morgan fingerprint density at radius 1 is 1.02 bits per heavy atom. The monoisotopic (exact) mass is 663 g/mol. The van der Waals surface area contributed by atoms with Crippen LogP contribution < -0.4 is 9.47 Å². The van der Waals surface area contributed by atoms with Crippen LogP contribution in [0.1, 0.15) is 51.2 Å². The molecule has 16 heteroatoms. The number of hydrogen-bond acceptors (Lipinski definition) is 14. The van der Waals surface area contributed by atoms with Gasteiger partial charge in [-0.05, 0) is 51.6 Å². The van der Waals surface area contributed by atoms with Gasteiger partial charge in [0.2, 0.25) is 18.3 Å². The number of aryl methyl sites for hydroxylation is 1. The summed E-state index contributed by atoms with van der Waals surface area (Å²) in [4.78, 5) is 75.6. The van der Waals surface area contributed by atoms with Gasteiger partial charge < -0.3 is 48.6 Å². The minimum absolute atomic E-state index is 0.0137. The van der Waals surface area contributed by atoms with Crippen LogP contribution in [0.2, 0.25) is 0 Å². The maximum atomic E-state index is 13.8. The number of carboxylic acids is 2. The van der Waals surface area contributed by atoms with Crippen LogP contribution in [-0.2, 0) is 53.1 Å². The molecule has 1 spiro atoms. The molecule has 2 heterocycles. The Morgan fingerprint density at radius 3 is 2.19 bits per heavy atom. The van der Waals surface area contributed by atoms with E-state index in [1.54, 1.807) is 6.07 Å². The van der Waals surface area contributed by atoms with Crippen molar-refractivity contribution in [2.75, 3.05) is 20.7 Å². The molecule has 16 nitrogen and oxygen atoms in total. The Kier molecular flexibility index (Phi) is 9.87. The summed E-state index contributed by atoms with van der Waals surface area (Å²) >= 11 is 0. The van der Waals surface area contributed by atoms with E-state index in [0.29, 0.717) is 30.0 Å². The van der Waals surface area contributed by atoms with Crippen LogP contribution in [0.25, 0.3) is 0 Å². The maximum Gasteiger partial charge on any atom is 0.357 e. The minimum Gasteiger partial charge on any atom is -0.493 e. The largest absolute Gasteiger partial charge is 0.493 e. The molecule has 47 heavy (non-hydrogen) atoms. The number of aliphatic hydroxyl groups is 1. The Balaban J connectivity index is 1.76. The second-order valence-corrected chi connectivity index (χ2v) is 11.7. The zero-order valence-electron chi connectivity index (χ0n) is 26.6. The van der Waals surface area contributed by atoms with Gasteiger partial charge in [-0.25, -0.2) is 14.4 Å². The number of carbonyl (C=O) groups is 6. The molecule has 3 N–H and O–H groups in total. The summed E-state index contributed by atoms with van der Waals surface area (Å²) in [5.74, 6) is -8.23. The number of hydrogen-bond donors (Lipinski definition) is 3. The Hall–Kier alpha value is -4.70. The normalized spacial score (nSPS) is 26.4. The van der Waals surface area contributed by atoms with Crippen molar-refractivity contribution in [3.8, 4) is 11.5 Å². The van der Waals surface area contributed by atoms with E-state index in [-0.39, 0.29) is 12.2 Å². The van der Waals surface area contributed by atoms with Gasteiger partial charge in [0.05, 0.1) is 24.5 Å². The van der Waals surface area contributed by atoms with Gasteiger partial charge in [-0.3, -0.25) is 14.4 Å². The average Bonchev–Trinajstić information content (AvgIpc) is 3.35. The number of carboxylic acid groups (broad SMARTS) is 2. The summed E-state index contributed by atoms with van der Waals surface area (Å²) in [5, 5.41) is 30.8. The molecule has 7 atom stereocenters. The number of benzene rings is 1. The van der Waals surface area contributed by atoms with Crippen molar-refractivity contribution < 1.29 is 72.5 Å². The molecule has 256 valence electrons. The molecule has 0 saturated carbocycles. The van der Waals surface area contributed by atoms with Crippen molar-refractivity contribution in [1.29, 1.82) is 0 Å². The number of rotatable bonds is 11. The highest BCUT2D eigenvalue weighted by Gasteiger charge is 2.69. The molecule has 3 aliphatic rings. The smallest absolute Gasteiger partial charge is 0.357 e. The number of nitrogens with zero attached hydrogens (tertiary/aromatic N) is 1. The van der Waals surface area contributed by atoms with Crippen molar-refractivity contribution in [2.24, 2.45) is 0 Å². The van der Waals surface area contributed by atoms with Gasteiger partial charge >= 0.3 is 35.8 Å². The van der Waals surface area contributed by atoms with Gasteiger partial charge in [-0.2, -0.15) is 0 Å². The van der Waals surface area contributed by atoms with E-state index in [9.17, 15) is 39.0 Å². The molecule has 0 amide bonds. The summed E-state index contributed by atoms with van der Waals surface area (Å²) in [6.07, 6.45) is -7.43. The molecule has 0 unspecified atom stereocenters. The Labute approximate surface area is 269 Å². The molecule has 0 radical (unpaired) electrons. The van der Waals surface area contributed by atoms with Crippen LogP contribution >= 0.6 is 0 Å². The molecule has 1 fully saturated rings. The quantitative estimate of drug-likeness (QED) is 0.218. The topological polar surface area (TPSA) is 222 Å². The lowest BCUT2D eigenvalue weighted by Gasteiger charge is -2.58. The van der Waals surface area contributed by atoms with E-state index in [1.165, 1.54) is 13.2 Å². The molecule has 1 aromatic carbocycles. The van der Waals surface area contributed by atoms with Gasteiger partial charge in [-0.1, -0.05) is 6.07 Å². The van der Waals surface area contributed by atoms with Crippen LogP contribution in [-0.4, -0.2) is 113 Å². The van der Waals surface area contributed by atoms with Gasteiger partial charge in [0, 0.05) is 31.9 Å². The van der Waals surface area contributed by atoms with E-state index in [0.717, 1.165) is 19.4 Å². The van der Waals surface area contributed by atoms with E-state index < -0.39 is 83.7 Å². The van der Waals surface area contributed by atoms with E-state index in [1.807, 2.05) is 31.9 Å². The van der Waals surface area contributed by atoms with Gasteiger partial charge in [0.15, 0.2) is 17.6 Å². The number of likely N-dealkylation sites (N-methyl/N-ethyl adjacent to an activating group) is 1. The summed E-state index contributed by atoms with van der Waals surface area (Å²) in [7, 11) is 3.33. The first kappa shape index (κ1) is 35.2. The highest BCUT2D eigenvalue weighted by Crippen LogP contribution is 2.62. The summed E-state index contributed by atoms with van der Waals surface area (Å²) in [6.45, 7) is 6.00. The van der Waals surface area contributed by atoms with E-state index in [2.05, 4.69) is 0 Å². The lowest BCUT2D eigenvalue weighted by Crippen LogP contribution is -2.71. The molecule has 2 aliphatic heterocycles. The zero-order chi connectivity index (χ0) is 35.0. The fourth-order valence-corrected chi connectivity index (χ4v) is 6.70. The predicted molar refractivity (Wildman–Crippen MR) is 155 cm³/mol. The van der Waals surface area contributed by atoms with Crippen LogP contribution in [0.5, 0.6) is 11.5 Å². The number of ether oxygens (including phenoxy) is 6. The van der Waals surface area contributed by atoms with Crippen molar-refractivity contribution in [1.82, 2.24) is 4.90 Å². The molecule has 0 aromatic heterocycles. The van der Waals surface area contributed by atoms with Crippen molar-refractivity contribution in [3.63, 3.8) is 0 Å². The fraction of sp³-hybridized carbons (Fsp3) is 0.548. The summed E-state index contributed by atoms with van der Waals surface area (Å²) in [6, 6.07) is 3.14. The van der Waals surface area contributed by atoms with Crippen LogP contribution in [0.15, 0.2) is 24.0 Å². The second kappa shape index (κ2) is 13.2. The van der Waals surface area contributed by atoms with Crippen molar-refractivity contribution in [3.05, 3.63) is 35.1 Å². The van der Waals surface area contributed by atoms with Crippen molar-refractivity contribution >= 4 is 35.8 Å². The first-order valence-corrected chi connectivity index (χ1v) is 14.7. The highest BCUT2D eigenvalue weighted by atomic mass is 16.6. The lowest BCUT2D eigenvalue weighted by molar-refractivity contribution is -0.195. The standard InChI is InChI=1S/C31H37NO15/c1-14-7-8-18(42-6)23-22(14)30-11-12-32(5)15(2)31(30,41)10-9-19(26(30)47-23)45-28(39)24(43-16(3)33)25(44-17(4)34)29(40)46-20(27(37)38)13-21(35)36/h7-9,15,20,24-26,41H,10-13H2,1-6H3,(H,35,36)(H,37,38)/t15-,20+,24-,25-,26+,30+,31-/m1/s1. The average molecular weight is 664 g/mol. The minimum atomic E-state index is -2.39. The van der Waals surface area contributed by atoms with Gasteiger partial charge in [0.1, 0.15) is 5.76 Å². The maximum absolute atomic E-state index is 13.8. The predicted octanol–water partition coefficient (Wildman–Crippen LogP) is 0.623. The zero-order valence-corrected chi connectivity index (χ0v) is 26.6. The molecular formula is C31H37NO15. The first-order valence-electron chi connectivity index (χ1n) is 14.7. The van der Waals surface area contributed by atoms with Crippen LogP contribution in [0, 0.1) is 6.92 Å². The molecule has 1 aromatic rings. The number of piperidine rings is 1. The number of carbonyl (C=O) groups excluding carboxylic acids is 4. The number of fused-ring (bicyclic) bond motifs is 1. The molecule has 0 bridgehead atoms. The van der Waals surface area contributed by atoms with Crippen LogP contribution in [0.4, 0.5) is 0 Å². The van der Waals surface area contributed by atoms with E-state index >= 15 is 0 Å². The molecule has 1 aliphatic carbocycles. The Morgan fingerprint density at radius 2 is 1.64 bits per heavy atom. The highest BCUT2D eigenvalue weighted by molar-refractivity contribution is 5.91. The number of likely N-dealkylation sites (tertiary alicyclic amines) is 1. The van der Waals surface area contributed by atoms with Crippen LogP contribution in [0.3, 0.4) is 0 Å². The number of methoxy groups -OCH3 is 1. The number of aliphatic carboxylic acids is 2. The van der Waals surface area contributed by atoms with Crippen molar-refractivity contribution in [2.45, 2.75) is 88.4 Å². The van der Waals surface area contributed by atoms with Gasteiger partial charge in [0.25, 0.3) is 0 Å². The summed E-state index contributed by atoms with van der Waals surface area (Å²) < 4.78 is 32.5. The first-order chi connectivity index (χ1) is 22.0. The third-order valence-corrected chi connectivity index (χ3v) is 8.97. The molecule has 1 saturated heterocycles. The second-order valence-electron chi connectivity index (χ2n) is 11.7. The third kappa shape index (κ3) is 6.22. The summed E-state index contributed by atoms with van der Waals surface area (Å²) in [5.41, 5.74) is -1.13. The molecule has 4 rings (SSSR count). The van der Waals surface area contributed by atoms with E-state index in [4.69, 9.17) is 33.5 Å². The third-order valence-electron chi connectivity index (χ3n) is 8.97. The number of esters is 4. The van der Waals surface area contributed by atoms with Gasteiger partial charge in [-0.15, -0.1) is 0 Å². The SMILES string of the molecule is COc1ccc(C)c2c1O[C@H]1C(OC(=O)[C@H](OC(C)=O)[C@@H](OC(C)=O)C(=O)O[C@@H](CC(=O)O)C(=O)O)=CC[C@@]3(O)[C@@H](C)N(C)CC[C@]213.